The van der Waals surface area contributed by atoms with Crippen molar-refractivity contribution in [2.24, 2.45) is 0 Å². The summed E-state index contributed by atoms with van der Waals surface area (Å²) in [6.07, 6.45) is 4.48. The molecule has 1 fully saturated rings. The largest absolute Gasteiger partial charge is 0.376 e. The molecule has 2 aromatic heterocycles. The highest BCUT2D eigenvalue weighted by Gasteiger charge is 2.28. The van der Waals surface area contributed by atoms with Gasteiger partial charge in [-0.1, -0.05) is 0 Å². The van der Waals surface area contributed by atoms with E-state index in [4.69, 9.17) is 4.74 Å². The maximum absolute atomic E-state index is 11.7. The number of hydrogen-bond acceptors (Lipinski definition) is 3. The first-order valence-corrected chi connectivity index (χ1v) is 5.85. The Morgan fingerprint density at radius 1 is 1.59 bits per heavy atom. The van der Waals surface area contributed by atoms with Crippen LogP contribution in [-0.4, -0.2) is 27.5 Å². The fraction of sp³-hybridized carbons (Fsp3) is 0.500. The maximum Gasteiger partial charge on any atom is 0.259 e. The molecule has 1 aliphatic heterocycles. The number of pyridine rings is 1. The number of ether oxygens (including phenoxy) is 1. The van der Waals surface area contributed by atoms with Gasteiger partial charge in [0, 0.05) is 12.8 Å². The van der Waals surface area contributed by atoms with Crippen LogP contribution in [0.4, 0.5) is 0 Å². The van der Waals surface area contributed by atoms with Crippen LogP contribution in [0.3, 0.4) is 0 Å². The lowest BCUT2D eigenvalue weighted by molar-refractivity contribution is 0.106. The van der Waals surface area contributed by atoms with E-state index >= 15 is 0 Å². The Balaban J connectivity index is 2.24. The van der Waals surface area contributed by atoms with E-state index < -0.39 is 0 Å². The number of aromatic amines is 1. The minimum Gasteiger partial charge on any atom is -0.376 e. The summed E-state index contributed by atoms with van der Waals surface area (Å²) < 4.78 is 7.50. The number of fused-ring (bicyclic) bond motifs is 1. The van der Waals surface area contributed by atoms with Gasteiger partial charge in [-0.05, 0) is 25.8 Å². The molecule has 2 atom stereocenters. The summed E-state index contributed by atoms with van der Waals surface area (Å²) in [6, 6.07) is 0.230. The fourth-order valence-corrected chi connectivity index (χ4v) is 2.53. The van der Waals surface area contributed by atoms with Crippen LogP contribution >= 0.6 is 0 Å². The third-order valence-corrected chi connectivity index (χ3v) is 3.48. The van der Waals surface area contributed by atoms with E-state index in [2.05, 4.69) is 10.1 Å². The molecule has 2 aromatic rings. The van der Waals surface area contributed by atoms with Gasteiger partial charge < -0.3 is 9.72 Å². The van der Waals surface area contributed by atoms with Gasteiger partial charge in [0.15, 0.2) is 0 Å². The van der Waals surface area contributed by atoms with Crippen molar-refractivity contribution in [3.63, 3.8) is 0 Å². The topological polar surface area (TPSA) is 59.9 Å². The van der Waals surface area contributed by atoms with E-state index in [1.807, 2.05) is 18.5 Å². The van der Waals surface area contributed by atoms with Gasteiger partial charge in [0.05, 0.1) is 29.2 Å². The maximum atomic E-state index is 11.7. The van der Waals surface area contributed by atoms with Crippen LogP contribution in [0.15, 0.2) is 17.2 Å². The summed E-state index contributed by atoms with van der Waals surface area (Å²) in [5.74, 6) is 0. The zero-order valence-electron chi connectivity index (χ0n) is 9.93. The Morgan fingerprint density at radius 3 is 3.12 bits per heavy atom. The van der Waals surface area contributed by atoms with Crippen LogP contribution in [0.5, 0.6) is 0 Å². The second-order valence-electron chi connectivity index (χ2n) is 4.58. The van der Waals surface area contributed by atoms with E-state index in [0.29, 0.717) is 5.39 Å². The average molecular weight is 233 g/mol. The van der Waals surface area contributed by atoms with E-state index in [1.54, 1.807) is 12.4 Å². The van der Waals surface area contributed by atoms with Crippen molar-refractivity contribution in [2.45, 2.75) is 32.4 Å². The van der Waals surface area contributed by atoms with Gasteiger partial charge in [0.2, 0.25) is 0 Å². The quantitative estimate of drug-likeness (QED) is 0.809. The summed E-state index contributed by atoms with van der Waals surface area (Å²) in [4.78, 5) is 14.4. The molecule has 3 rings (SSSR count). The van der Waals surface area contributed by atoms with Gasteiger partial charge in [-0.25, -0.2) is 0 Å². The normalized spacial score (nSPS) is 24.6. The third-order valence-electron chi connectivity index (χ3n) is 3.48. The molecule has 0 unspecified atom stereocenters. The Bertz CT molecular complexity index is 614. The highest BCUT2D eigenvalue weighted by atomic mass is 16.5. The molecule has 0 spiro atoms. The molecule has 0 amide bonds. The zero-order chi connectivity index (χ0) is 12.0. The smallest absolute Gasteiger partial charge is 0.259 e. The molecule has 1 saturated heterocycles. The summed E-state index contributed by atoms with van der Waals surface area (Å²) in [5.41, 5.74) is 1.88. The first kappa shape index (κ1) is 10.5. The van der Waals surface area contributed by atoms with Crippen molar-refractivity contribution in [1.82, 2.24) is 14.8 Å². The third kappa shape index (κ3) is 1.50. The second-order valence-corrected chi connectivity index (χ2v) is 4.58. The van der Waals surface area contributed by atoms with Crippen LogP contribution < -0.4 is 5.56 Å². The van der Waals surface area contributed by atoms with Crippen LogP contribution in [0.2, 0.25) is 0 Å². The molecule has 3 heterocycles. The number of rotatable bonds is 1. The van der Waals surface area contributed by atoms with Crippen molar-refractivity contribution in [3.05, 3.63) is 28.3 Å². The van der Waals surface area contributed by atoms with Gasteiger partial charge in [-0.15, -0.1) is 0 Å². The fourth-order valence-electron chi connectivity index (χ4n) is 2.53. The molecule has 17 heavy (non-hydrogen) atoms. The summed E-state index contributed by atoms with van der Waals surface area (Å²) >= 11 is 0. The number of aromatic nitrogens is 3. The SMILES string of the molecule is Cc1c[nH]c(=O)c2cnn([C@@H]3CCO[C@H]3C)c12. The molecule has 90 valence electrons. The van der Waals surface area contributed by atoms with Crippen LogP contribution in [0.25, 0.3) is 10.9 Å². The average Bonchev–Trinajstić information content (AvgIpc) is 2.89. The van der Waals surface area contributed by atoms with Crippen LogP contribution in [-0.2, 0) is 4.74 Å². The molecule has 5 heteroatoms. The Kier molecular flexibility index (Phi) is 2.29. The lowest BCUT2D eigenvalue weighted by Gasteiger charge is -2.16. The van der Waals surface area contributed by atoms with Crippen molar-refractivity contribution >= 4 is 10.9 Å². The van der Waals surface area contributed by atoms with Gasteiger partial charge in [-0.2, -0.15) is 5.10 Å². The first-order valence-electron chi connectivity index (χ1n) is 5.85. The van der Waals surface area contributed by atoms with E-state index in [-0.39, 0.29) is 17.7 Å². The molecular weight excluding hydrogens is 218 g/mol. The highest BCUT2D eigenvalue weighted by Crippen LogP contribution is 2.28. The molecule has 1 N–H and O–H groups in total. The van der Waals surface area contributed by atoms with Crippen molar-refractivity contribution < 1.29 is 4.74 Å². The van der Waals surface area contributed by atoms with E-state index in [0.717, 1.165) is 24.1 Å². The summed E-state index contributed by atoms with van der Waals surface area (Å²) in [5, 5.41) is 5.02. The number of nitrogens with one attached hydrogen (secondary N) is 1. The Labute approximate surface area is 98.4 Å². The Morgan fingerprint density at radius 2 is 2.41 bits per heavy atom. The van der Waals surface area contributed by atoms with Gasteiger partial charge in [0.1, 0.15) is 0 Å². The predicted octanol–water partition coefficient (Wildman–Crippen LogP) is 1.38. The molecule has 0 saturated carbocycles. The molecule has 5 nitrogen and oxygen atoms in total. The first-order chi connectivity index (χ1) is 8.18. The molecular formula is C12H15N3O2. The lowest BCUT2D eigenvalue weighted by Crippen LogP contribution is -2.18. The summed E-state index contributed by atoms with van der Waals surface area (Å²) in [7, 11) is 0. The number of nitrogens with zero attached hydrogens (tertiary/aromatic N) is 2. The summed E-state index contributed by atoms with van der Waals surface area (Å²) in [6.45, 7) is 4.79. The minimum absolute atomic E-state index is 0.0802. The lowest BCUT2D eigenvalue weighted by atomic mass is 10.1. The standard InChI is InChI=1S/C12H15N3O2/c1-7-5-13-12(16)9-6-14-15(11(7)9)10-3-4-17-8(10)2/h5-6,8,10H,3-4H2,1-2H3,(H,13,16)/t8-,10+/m0/s1. The number of H-pyrrole nitrogens is 1. The molecule has 0 radical (unpaired) electrons. The minimum atomic E-state index is -0.0802. The van der Waals surface area contributed by atoms with Crippen LogP contribution in [0, 0.1) is 6.92 Å². The van der Waals surface area contributed by atoms with E-state index in [9.17, 15) is 4.79 Å². The molecule has 1 aliphatic rings. The number of aryl methyl sites for hydroxylation is 1. The van der Waals surface area contributed by atoms with Crippen LogP contribution in [0.1, 0.15) is 24.9 Å². The van der Waals surface area contributed by atoms with Gasteiger partial charge in [0.25, 0.3) is 5.56 Å². The predicted molar refractivity (Wildman–Crippen MR) is 64.2 cm³/mol. The molecule has 0 bridgehead atoms. The Hall–Kier alpha value is -1.62. The van der Waals surface area contributed by atoms with Crippen molar-refractivity contribution in [3.8, 4) is 0 Å². The van der Waals surface area contributed by atoms with Gasteiger partial charge in [-0.3, -0.25) is 9.48 Å². The monoisotopic (exact) mass is 233 g/mol. The molecule has 0 aromatic carbocycles. The number of hydrogen-bond donors (Lipinski definition) is 1. The highest BCUT2D eigenvalue weighted by molar-refractivity contribution is 5.80. The van der Waals surface area contributed by atoms with E-state index in [1.165, 1.54) is 0 Å². The zero-order valence-corrected chi connectivity index (χ0v) is 9.93. The molecule has 0 aliphatic carbocycles. The van der Waals surface area contributed by atoms with Crippen molar-refractivity contribution in [1.29, 1.82) is 0 Å². The van der Waals surface area contributed by atoms with Crippen molar-refractivity contribution in [2.75, 3.05) is 6.61 Å². The second kappa shape index (κ2) is 3.70. The van der Waals surface area contributed by atoms with Gasteiger partial charge >= 0.3 is 0 Å².